The minimum absolute atomic E-state index is 0.0526. The van der Waals surface area contributed by atoms with Crippen LogP contribution in [0.4, 0.5) is 5.69 Å². The van der Waals surface area contributed by atoms with Crippen LogP contribution in [0.2, 0.25) is 0 Å². The van der Waals surface area contributed by atoms with E-state index in [4.69, 9.17) is 5.73 Å². The fourth-order valence-corrected chi connectivity index (χ4v) is 3.68. The molecule has 1 aromatic rings. The minimum Gasteiger partial charge on any atom is -0.371 e. The van der Waals surface area contributed by atoms with Gasteiger partial charge in [-0.15, -0.1) is 0 Å². The smallest absolute Gasteiger partial charge is 0.0510 e. The summed E-state index contributed by atoms with van der Waals surface area (Å²) < 4.78 is 1.21. The molecule has 3 rings (SSSR count). The molecule has 2 nitrogen and oxygen atoms in total. The van der Waals surface area contributed by atoms with Gasteiger partial charge in [0.1, 0.15) is 0 Å². The lowest BCUT2D eigenvalue weighted by Gasteiger charge is -2.39. The molecule has 2 aliphatic rings. The minimum atomic E-state index is -0.0526. The number of hydrogen-bond acceptors (Lipinski definition) is 2. The van der Waals surface area contributed by atoms with E-state index in [0.717, 1.165) is 12.8 Å². The van der Waals surface area contributed by atoms with Gasteiger partial charge < -0.3 is 10.6 Å². The topological polar surface area (TPSA) is 29.3 Å². The molecule has 1 heterocycles. The molecule has 0 amide bonds. The SMILES string of the molecule is NC1(c2ccc(N3CCCCC3)c(Br)c2)CCC1. The number of hydrogen-bond donors (Lipinski definition) is 1. The first-order valence-electron chi connectivity index (χ1n) is 7.03. The van der Waals surface area contributed by atoms with Gasteiger partial charge in [-0.3, -0.25) is 0 Å². The first kappa shape index (κ1) is 12.5. The first-order valence-corrected chi connectivity index (χ1v) is 7.82. The van der Waals surface area contributed by atoms with Crippen molar-refractivity contribution in [2.24, 2.45) is 5.73 Å². The highest BCUT2D eigenvalue weighted by atomic mass is 79.9. The molecule has 2 fully saturated rings. The van der Waals surface area contributed by atoms with E-state index in [2.05, 4.69) is 39.0 Å². The van der Waals surface area contributed by atoms with Crippen molar-refractivity contribution >= 4 is 21.6 Å². The Kier molecular flexibility index (Phi) is 3.37. The lowest BCUT2D eigenvalue weighted by molar-refractivity contribution is 0.253. The molecule has 1 saturated carbocycles. The number of benzene rings is 1. The highest BCUT2D eigenvalue weighted by Gasteiger charge is 2.34. The number of piperidine rings is 1. The molecule has 1 aliphatic carbocycles. The molecule has 0 unspecified atom stereocenters. The molecular formula is C15H21BrN2. The fraction of sp³-hybridized carbons (Fsp3) is 0.600. The van der Waals surface area contributed by atoms with E-state index in [1.807, 2.05) is 0 Å². The molecule has 18 heavy (non-hydrogen) atoms. The highest BCUT2D eigenvalue weighted by Crippen LogP contribution is 2.41. The Hall–Kier alpha value is -0.540. The van der Waals surface area contributed by atoms with Crippen molar-refractivity contribution in [2.45, 2.75) is 44.1 Å². The monoisotopic (exact) mass is 308 g/mol. The summed E-state index contributed by atoms with van der Waals surface area (Å²) >= 11 is 3.73. The molecular weight excluding hydrogens is 288 g/mol. The predicted octanol–water partition coefficient (Wildman–Crippen LogP) is 3.78. The van der Waals surface area contributed by atoms with Gasteiger partial charge in [0.05, 0.1) is 5.69 Å². The molecule has 98 valence electrons. The van der Waals surface area contributed by atoms with Crippen LogP contribution in [0, 0.1) is 0 Å². The molecule has 1 saturated heterocycles. The summed E-state index contributed by atoms with van der Waals surface area (Å²) in [7, 11) is 0. The van der Waals surface area contributed by atoms with Crippen molar-refractivity contribution in [1.29, 1.82) is 0 Å². The van der Waals surface area contributed by atoms with Gasteiger partial charge in [-0.1, -0.05) is 6.07 Å². The Balaban J connectivity index is 1.84. The third-order valence-electron chi connectivity index (χ3n) is 4.47. The van der Waals surface area contributed by atoms with Gasteiger partial charge in [-0.05, 0) is 72.2 Å². The molecule has 0 spiro atoms. The van der Waals surface area contributed by atoms with Crippen molar-refractivity contribution in [3.05, 3.63) is 28.2 Å². The Morgan fingerprint density at radius 2 is 1.78 bits per heavy atom. The van der Waals surface area contributed by atoms with Crippen LogP contribution in [0.15, 0.2) is 22.7 Å². The summed E-state index contributed by atoms with van der Waals surface area (Å²) in [6.45, 7) is 2.37. The van der Waals surface area contributed by atoms with E-state index >= 15 is 0 Å². The molecule has 3 heteroatoms. The Morgan fingerprint density at radius 1 is 1.06 bits per heavy atom. The average molecular weight is 309 g/mol. The van der Waals surface area contributed by atoms with Crippen molar-refractivity contribution < 1.29 is 0 Å². The second-order valence-electron chi connectivity index (χ2n) is 5.72. The zero-order chi connectivity index (χ0) is 12.6. The maximum absolute atomic E-state index is 6.39. The lowest BCUT2D eigenvalue weighted by atomic mass is 9.73. The number of rotatable bonds is 2. The molecule has 1 aliphatic heterocycles. The number of halogens is 1. The van der Waals surface area contributed by atoms with Gasteiger partial charge in [0.2, 0.25) is 0 Å². The third kappa shape index (κ3) is 2.19. The second-order valence-corrected chi connectivity index (χ2v) is 6.58. The fourth-order valence-electron chi connectivity index (χ4n) is 3.05. The van der Waals surface area contributed by atoms with Gasteiger partial charge in [0.25, 0.3) is 0 Å². The van der Waals surface area contributed by atoms with E-state index < -0.39 is 0 Å². The first-order chi connectivity index (χ1) is 8.69. The van der Waals surface area contributed by atoms with E-state index in [0.29, 0.717) is 0 Å². The van der Waals surface area contributed by atoms with Crippen molar-refractivity contribution in [3.63, 3.8) is 0 Å². The van der Waals surface area contributed by atoms with Crippen LogP contribution in [-0.4, -0.2) is 13.1 Å². The quantitative estimate of drug-likeness (QED) is 0.901. The highest BCUT2D eigenvalue weighted by molar-refractivity contribution is 9.10. The summed E-state index contributed by atoms with van der Waals surface area (Å²) in [6, 6.07) is 6.72. The molecule has 0 bridgehead atoms. The van der Waals surface area contributed by atoms with Crippen LogP contribution in [0.5, 0.6) is 0 Å². The largest absolute Gasteiger partial charge is 0.371 e. The van der Waals surface area contributed by atoms with E-state index in [1.54, 1.807) is 0 Å². The molecule has 1 aromatic carbocycles. The summed E-state index contributed by atoms with van der Waals surface area (Å²) in [4.78, 5) is 2.49. The Labute approximate surface area is 118 Å². The van der Waals surface area contributed by atoms with E-state index in [1.165, 1.54) is 54.5 Å². The zero-order valence-electron chi connectivity index (χ0n) is 10.8. The summed E-state index contributed by atoms with van der Waals surface area (Å²) in [5, 5.41) is 0. The van der Waals surface area contributed by atoms with E-state index in [9.17, 15) is 0 Å². The molecule has 0 radical (unpaired) electrons. The van der Waals surface area contributed by atoms with Crippen LogP contribution in [-0.2, 0) is 5.54 Å². The summed E-state index contributed by atoms with van der Waals surface area (Å²) in [5.41, 5.74) is 8.96. The number of anilines is 1. The van der Waals surface area contributed by atoms with Gasteiger partial charge in [-0.2, -0.15) is 0 Å². The Bertz CT molecular complexity index is 434. The van der Waals surface area contributed by atoms with Crippen molar-refractivity contribution in [1.82, 2.24) is 0 Å². The zero-order valence-corrected chi connectivity index (χ0v) is 12.4. The van der Waals surface area contributed by atoms with Gasteiger partial charge >= 0.3 is 0 Å². The molecule has 0 aromatic heterocycles. The van der Waals surface area contributed by atoms with Gasteiger partial charge in [-0.25, -0.2) is 0 Å². The van der Waals surface area contributed by atoms with Crippen molar-refractivity contribution in [3.8, 4) is 0 Å². The second kappa shape index (κ2) is 4.86. The van der Waals surface area contributed by atoms with Crippen molar-refractivity contribution in [2.75, 3.05) is 18.0 Å². The van der Waals surface area contributed by atoms with Crippen LogP contribution in [0.1, 0.15) is 44.1 Å². The Morgan fingerprint density at radius 3 is 2.33 bits per heavy atom. The molecule has 0 atom stereocenters. The normalized spacial score (nSPS) is 22.7. The van der Waals surface area contributed by atoms with Crippen LogP contribution >= 0.6 is 15.9 Å². The number of nitrogens with zero attached hydrogens (tertiary/aromatic N) is 1. The average Bonchev–Trinajstić information content (AvgIpc) is 2.37. The lowest BCUT2D eigenvalue weighted by Crippen LogP contribution is -2.43. The maximum Gasteiger partial charge on any atom is 0.0510 e. The predicted molar refractivity (Wildman–Crippen MR) is 79.9 cm³/mol. The van der Waals surface area contributed by atoms with Crippen LogP contribution in [0.3, 0.4) is 0 Å². The van der Waals surface area contributed by atoms with Gasteiger partial charge in [0, 0.05) is 23.1 Å². The maximum atomic E-state index is 6.39. The summed E-state index contributed by atoms with van der Waals surface area (Å²) in [6.07, 6.45) is 7.52. The third-order valence-corrected chi connectivity index (χ3v) is 5.10. The standard InChI is InChI=1S/C15H21BrN2/c16-13-11-12(15(17)7-4-8-15)5-6-14(13)18-9-2-1-3-10-18/h5-6,11H,1-4,7-10,17H2. The number of nitrogens with two attached hydrogens (primary N) is 1. The van der Waals surface area contributed by atoms with Gasteiger partial charge in [0.15, 0.2) is 0 Å². The summed E-state index contributed by atoms with van der Waals surface area (Å²) in [5.74, 6) is 0. The van der Waals surface area contributed by atoms with E-state index in [-0.39, 0.29) is 5.54 Å². The van der Waals surface area contributed by atoms with Crippen LogP contribution < -0.4 is 10.6 Å². The van der Waals surface area contributed by atoms with Crippen LogP contribution in [0.25, 0.3) is 0 Å². The molecule has 2 N–H and O–H groups in total.